The van der Waals surface area contributed by atoms with Crippen molar-refractivity contribution in [2.75, 3.05) is 6.54 Å². The van der Waals surface area contributed by atoms with Crippen LogP contribution < -0.4 is 11.1 Å². The van der Waals surface area contributed by atoms with Crippen LogP contribution in [-0.4, -0.2) is 23.5 Å². The molecule has 1 heterocycles. The Labute approximate surface area is 160 Å². The molecular weight excluding hydrogens is 350 g/mol. The van der Waals surface area contributed by atoms with E-state index in [1.807, 2.05) is 24.3 Å². The predicted octanol–water partition coefficient (Wildman–Crippen LogP) is 3.10. The summed E-state index contributed by atoms with van der Waals surface area (Å²) in [6.07, 6.45) is 5.81. The van der Waals surface area contributed by atoms with E-state index < -0.39 is 0 Å². The number of carbonyl (C=O) groups is 1. The van der Waals surface area contributed by atoms with E-state index in [1.165, 1.54) is 12.0 Å². The quantitative estimate of drug-likeness (QED) is 0.841. The van der Waals surface area contributed by atoms with E-state index in [2.05, 4.69) is 17.2 Å². The third kappa shape index (κ3) is 3.64. The second-order valence-electron chi connectivity index (χ2n) is 7.49. The van der Waals surface area contributed by atoms with Crippen LogP contribution in [0.3, 0.4) is 0 Å². The Morgan fingerprint density at radius 1 is 1.27 bits per heavy atom. The zero-order valence-electron chi connectivity index (χ0n) is 15.0. The van der Waals surface area contributed by atoms with Crippen molar-refractivity contribution in [1.82, 2.24) is 10.3 Å². The maximum Gasteiger partial charge on any atom is 0.226 e. The number of nitrogens with one attached hydrogen (secondary N) is 1. The van der Waals surface area contributed by atoms with Crippen LogP contribution in [0.4, 0.5) is 0 Å². The molecule has 140 valence electrons. The molecule has 6 heteroatoms. The van der Waals surface area contributed by atoms with Crippen molar-refractivity contribution >= 4 is 18.3 Å². The number of rotatable bonds is 5. The molecule has 0 saturated heterocycles. The van der Waals surface area contributed by atoms with E-state index in [9.17, 15) is 4.79 Å². The van der Waals surface area contributed by atoms with Gasteiger partial charge in [-0.2, -0.15) is 0 Å². The number of carbonyl (C=O) groups excluding carboxylic acids is 1. The van der Waals surface area contributed by atoms with Crippen molar-refractivity contribution in [3.8, 4) is 11.5 Å². The zero-order valence-corrected chi connectivity index (χ0v) is 15.8. The summed E-state index contributed by atoms with van der Waals surface area (Å²) in [5, 5.41) is 3.04. The SMILES string of the molecule is Cc1ccc(-c2nc(CCNC(=O)C3C4CCC(C4)C3N)co2)cc1.Cl. The van der Waals surface area contributed by atoms with Gasteiger partial charge in [0.2, 0.25) is 11.8 Å². The number of fused-ring (bicyclic) bond motifs is 2. The fraction of sp³-hybridized carbons (Fsp3) is 0.500. The number of aromatic nitrogens is 1. The lowest BCUT2D eigenvalue weighted by atomic mass is 9.84. The molecule has 2 aliphatic carbocycles. The number of nitrogens with zero attached hydrogens (tertiary/aromatic N) is 1. The smallest absolute Gasteiger partial charge is 0.226 e. The van der Waals surface area contributed by atoms with Crippen molar-refractivity contribution in [3.05, 3.63) is 41.8 Å². The Hall–Kier alpha value is -1.85. The third-order valence-corrected chi connectivity index (χ3v) is 5.81. The molecule has 0 aliphatic heterocycles. The standard InChI is InChI=1S/C20H25N3O2.ClH/c1-12-2-4-13(5-3-12)20-23-16(11-25-20)8-9-22-19(24)17-14-6-7-15(10-14)18(17)21;/h2-5,11,14-15,17-18H,6-10,21H2,1H3,(H,22,24);1H. The van der Waals surface area contributed by atoms with Crippen LogP contribution in [0.2, 0.25) is 0 Å². The van der Waals surface area contributed by atoms with E-state index >= 15 is 0 Å². The molecular formula is C20H26ClN3O2. The van der Waals surface area contributed by atoms with Crippen LogP contribution in [0.1, 0.15) is 30.5 Å². The highest BCUT2D eigenvalue weighted by atomic mass is 35.5. The summed E-state index contributed by atoms with van der Waals surface area (Å²) < 4.78 is 5.56. The maximum atomic E-state index is 12.5. The van der Waals surface area contributed by atoms with Gasteiger partial charge in [0.1, 0.15) is 6.26 Å². The first-order valence-corrected chi connectivity index (χ1v) is 9.16. The molecule has 4 rings (SSSR count). The summed E-state index contributed by atoms with van der Waals surface area (Å²) in [7, 11) is 0. The molecule has 4 atom stereocenters. The van der Waals surface area contributed by atoms with Crippen molar-refractivity contribution in [2.24, 2.45) is 23.5 Å². The van der Waals surface area contributed by atoms with Gasteiger partial charge in [0.15, 0.2) is 0 Å². The first kappa shape index (κ1) is 18.9. The van der Waals surface area contributed by atoms with Gasteiger partial charge in [-0.15, -0.1) is 12.4 Å². The summed E-state index contributed by atoms with van der Waals surface area (Å²) in [5.74, 6) is 1.77. The van der Waals surface area contributed by atoms with Crippen molar-refractivity contribution < 1.29 is 9.21 Å². The lowest BCUT2D eigenvalue weighted by Crippen LogP contribution is -2.45. The summed E-state index contributed by atoms with van der Waals surface area (Å²) >= 11 is 0. The first-order valence-electron chi connectivity index (χ1n) is 9.16. The largest absolute Gasteiger partial charge is 0.444 e. The number of halogens is 1. The Kier molecular flexibility index (Phi) is 5.68. The van der Waals surface area contributed by atoms with Crippen molar-refractivity contribution in [3.63, 3.8) is 0 Å². The van der Waals surface area contributed by atoms with Crippen LogP contribution in [0, 0.1) is 24.7 Å². The maximum absolute atomic E-state index is 12.5. The van der Waals surface area contributed by atoms with E-state index in [-0.39, 0.29) is 30.3 Å². The lowest BCUT2D eigenvalue weighted by molar-refractivity contribution is -0.127. The predicted molar refractivity (Wildman–Crippen MR) is 103 cm³/mol. The molecule has 1 aromatic carbocycles. The molecule has 3 N–H and O–H groups in total. The van der Waals surface area contributed by atoms with E-state index in [1.54, 1.807) is 6.26 Å². The molecule has 5 nitrogen and oxygen atoms in total. The average Bonchev–Trinajstić information content (AvgIpc) is 3.31. The van der Waals surface area contributed by atoms with Crippen LogP contribution in [0.5, 0.6) is 0 Å². The molecule has 0 radical (unpaired) electrons. The second kappa shape index (κ2) is 7.80. The fourth-order valence-electron chi connectivity index (χ4n) is 4.41. The Bertz CT molecular complexity index is 757. The minimum atomic E-state index is -0.000761. The molecule has 1 amide bonds. The Morgan fingerprint density at radius 2 is 2.00 bits per heavy atom. The molecule has 2 aliphatic rings. The molecule has 0 spiro atoms. The normalized spacial score (nSPS) is 26.5. The van der Waals surface area contributed by atoms with Crippen molar-refractivity contribution in [1.29, 1.82) is 0 Å². The average molecular weight is 376 g/mol. The summed E-state index contributed by atoms with van der Waals surface area (Å²) in [4.78, 5) is 17.0. The Morgan fingerprint density at radius 3 is 2.69 bits per heavy atom. The zero-order chi connectivity index (χ0) is 17.4. The highest BCUT2D eigenvalue weighted by molar-refractivity contribution is 5.85. The minimum Gasteiger partial charge on any atom is -0.444 e. The summed E-state index contributed by atoms with van der Waals surface area (Å²) in [5.41, 5.74) is 9.26. The van der Waals surface area contributed by atoms with Crippen LogP contribution in [0.25, 0.3) is 11.5 Å². The molecule has 1 aromatic heterocycles. The fourth-order valence-corrected chi connectivity index (χ4v) is 4.41. The third-order valence-electron chi connectivity index (χ3n) is 5.81. The van der Waals surface area contributed by atoms with Gasteiger partial charge < -0.3 is 15.5 Å². The number of amides is 1. The number of aryl methyl sites for hydroxylation is 1. The van der Waals surface area contributed by atoms with Gasteiger partial charge in [-0.3, -0.25) is 4.79 Å². The minimum absolute atomic E-state index is 0. The Balaban J connectivity index is 0.00000196. The topological polar surface area (TPSA) is 81.2 Å². The number of benzene rings is 1. The van der Waals surface area contributed by atoms with Crippen molar-refractivity contribution in [2.45, 2.75) is 38.6 Å². The molecule has 2 fully saturated rings. The van der Waals surface area contributed by atoms with Crippen LogP contribution in [0.15, 0.2) is 34.9 Å². The second-order valence-corrected chi connectivity index (χ2v) is 7.49. The number of hydrogen-bond acceptors (Lipinski definition) is 4. The van der Waals surface area contributed by atoms with Gasteiger partial charge in [-0.1, -0.05) is 17.7 Å². The van der Waals surface area contributed by atoms with E-state index in [0.717, 1.165) is 24.1 Å². The van der Waals surface area contributed by atoms with Gasteiger partial charge in [0.05, 0.1) is 11.6 Å². The van der Waals surface area contributed by atoms with Gasteiger partial charge in [-0.25, -0.2) is 4.98 Å². The van der Waals surface area contributed by atoms with Crippen LogP contribution in [-0.2, 0) is 11.2 Å². The first-order chi connectivity index (χ1) is 12.1. The summed E-state index contributed by atoms with van der Waals surface area (Å²) in [6, 6.07) is 8.13. The highest BCUT2D eigenvalue weighted by Crippen LogP contribution is 2.47. The van der Waals surface area contributed by atoms with E-state index in [4.69, 9.17) is 10.2 Å². The van der Waals surface area contributed by atoms with Crippen LogP contribution >= 0.6 is 12.4 Å². The number of oxazole rings is 1. The van der Waals surface area contributed by atoms with Gasteiger partial charge >= 0.3 is 0 Å². The monoisotopic (exact) mass is 375 g/mol. The molecule has 26 heavy (non-hydrogen) atoms. The number of hydrogen-bond donors (Lipinski definition) is 2. The molecule has 2 aromatic rings. The molecule has 4 unspecified atom stereocenters. The van der Waals surface area contributed by atoms with Gasteiger partial charge in [0, 0.05) is 24.6 Å². The number of nitrogens with two attached hydrogens (primary N) is 1. The summed E-state index contributed by atoms with van der Waals surface area (Å²) in [6.45, 7) is 2.62. The molecule has 2 saturated carbocycles. The highest BCUT2D eigenvalue weighted by Gasteiger charge is 2.48. The lowest BCUT2D eigenvalue weighted by Gasteiger charge is -2.26. The molecule has 2 bridgehead atoms. The van der Waals surface area contributed by atoms with E-state index in [0.29, 0.717) is 30.7 Å². The van der Waals surface area contributed by atoms with Gasteiger partial charge in [-0.05, 0) is 50.2 Å². The van der Waals surface area contributed by atoms with Gasteiger partial charge in [0.25, 0.3) is 0 Å².